The van der Waals surface area contributed by atoms with Crippen molar-refractivity contribution in [3.05, 3.63) is 65.7 Å². The van der Waals surface area contributed by atoms with Gasteiger partial charge in [0.1, 0.15) is 18.4 Å². The van der Waals surface area contributed by atoms with Crippen LogP contribution in [0.25, 0.3) is 5.69 Å². The van der Waals surface area contributed by atoms with Crippen LogP contribution in [0, 0.1) is 0 Å². The summed E-state index contributed by atoms with van der Waals surface area (Å²) < 4.78 is 7.14. The second kappa shape index (κ2) is 7.36. The molecule has 0 bridgehead atoms. The zero-order valence-corrected chi connectivity index (χ0v) is 14.6. The fourth-order valence-electron chi connectivity index (χ4n) is 2.29. The lowest BCUT2D eigenvalue weighted by atomic mass is 10.2. The molecule has 1 heterocycles. The maximum absolute atomic E-state index is 12.5. The van der Waals surface area contributed by atoms with Crippen molar-refractivity contribution in [2.45, 2.75) is 20.0 Å². The third kappa shape index (κ3) is 4.16. The van der Waals surface area contributed by atoms with Crippen molar-refractivity contribution < 1.29 is 9.53 Å². The molecule has 1 N–H and O–H groups in total. The first-order chi connectivity index (χ1) is 12.0. The van der Waals surface area contributed by atoms with Crippen molar-refractivity contribution in [2.75, 3.05) is 5.32 Å². The molecule has 0 aliphatic rings. The average molecular weight is 357 g/mol. The van der Waals surface area contributed by atoms with E-state index < -0.39 is 0 Å². The van der Waals surface area contributed by atoms with Gasteiger partial charge in [-0.25, -0.2) is 9.67 Å². The number of halogens is 1. The van der Waals surface area contributed by atoms with Crippen LogP contribution in [0.4, 0.5) is 5.69 Å². The summed E-state index contributed by atoms with van der Waals surface area (Å²) in [5, 5.41) is 7.47. The number of amides is 1. The van der Waals surface area contributed by atoms with E-state index in [2.05, 4.69) is 15.4 Å². The second-order valence-corrected chi connectivity index (χ2v) is 6.08. The van der Waals surface area contributed by atoms with Crippen LogP contribution in [0.2, 0.25) is 5.02 Å². The van der Waals surface area contributed by atoms with Crippen molar-refractivity contribution in [3.8, 4) is 11.4 Å². The lowest BCUT2D eigenvalue weighted by Gasteiger charge is -2.12. The van der Waals surface area contributed by atoms with E-state index in [1.165, 1.54) is 6.33 Å². The zero-order chi connectivity index (χ0) is 17.8. The Morgan fingerprint density at radius 3 is 2.60 bits per heavy atom. The number of nitrogens with zero attached hydrogens (tertiary/aromatic N) is 3. The molecule has 2 aromatic carbocycles. The predicted octanol–water partition coefficient (Wildman–Crippen LogP) is 3.96. The minimum Gasteiger partial charge on any atom is -0.491 e. The quantitative estimate of drug-likeness (QED) is 0.751. The minimum atomic E-state index is -0.250. The highest BCUT2D eigenvalue weighted by atomic mass is 35.5. The van der Waals surface area contributed by atoms with Gasteiger partial charge in [-0.05, 0) is 56.3 Å². The normalized spacial score (nSPS) is 10.7. The first-order valence-electron chi connectivity index (χ1n) is 7.75. The number of aromatic nitrogens is 3. The molecule has 0 atom stereocenters. The molecule has 0 aliphatic carbocycles. The molecule has 0 radical (unpaired) electrons. The van der Waals surface area contributed by atoms with Crippen LogP contribution in [-0.2, 0) is 0 Å². The molecule has 128 valence electrons. The Labute approximate surface area is 150 Å². The largest absolute Gasteiger partial charge is 0.491 e. The SMILES string of the molecule is CC(C)Oc1ccc(C(=O)Nc2cc(Cl)ccc2-n2cncn2)cc1. The highest BCUT2D eigenvalue weighted by molar-refractivity contribution is 6.31. The summed E-state index contributed by atoms with van der Waals surface area (Å²) in [5.74, 6) is 0.470. The molecule has 0 saturated carbocycles. The topological polar surface area (TPSA) is 69.0 Å². The molecule has 0 fully saturated rings. The van der Waals surface area contributed by atoms with Crippen molar-refractivity contribution in [1.29, 1.82) is 0 Å². The molecule has 1 amide bonds. The number of benzene rings is 2. The van der Waals surface area contributed by atoms with E-state index in [1.807, 2.05) is 13.8 Å². The van der Waals surface area contributed by atoms with Gasteiger partial charge in [-0.15, -0.1) is 0 Å². The third-order valence-corrected chi connectivity index (χ3v) is 3.60. The van der Waals surface area contributed by atoms with E-state index >= 15 is 0 Å². The molecular formula is C18H17ClN4O2. The highest BCUT2D eigenvalue weighted by Gasteiger charge is 2.12. The summed E-state index contributed by atoms with van der Waals surface area (Å²) in [5.41, 5.74) is 1.74. The monoisotopic (exact) mass is 356 g/mol. The Bertz CT molecular complexity index is 861. The van der Waals surface area contributed by atoms with Gasteiger partial charge < -0.3 is 10.1 Å². The number of nitrogens with one attached hydrogen (secondary N) is 1. The Balaban J connectivity index is 1.82. The number of ether oxygens (including phenoxy) is 1. The smallest absolute Gasteiger partial charge is 0.255 e. The lowest BCUT2D eigenvalue weighted by Crippen LogP contribution is -2.14. The number of rotatable bonds is 5. The highest BCUT2D eigenvalue weighted by Crippen LogP contribution is 2.25. The number of carbonyl (C=O) groups is 1. The standard InChI is InChI=1S/C18H17ClN4O2/c1-12(2)25-15-6-3-13(4-7-15)18(24)22-16-9-14(19)5-8-17(16)23-11-20-10-21-23/h3-12H,1-2H3,(H,22,24). The van der Waals surface area contributed by atoms with Gasteiger partial charge in [-0.2, -0.15) is 5.10 Å². The third-order valence-electron chi connectivity index (χ3n) is 3.36. The fraction of sp³-hybridized carbons (Fsp3) is 0.167. The van der Waals surface area contributed by atoms with E-state index in [0.717, 1.165) is 5.75 Å². The number of hydrogen-bond acceptors (Lipinski definition) is 4. The van der Waals surface area contributed by atoms with Gasteiger partial charge in [0.25, 0.3) is 5.91 Å². The van der Waals surface area contributed by atoms with Crippen LogP contribution < -0.4 is 10.1 Å². The summed E-state index contributed by atoms with van der Waals surface area (Å²) in [6.07, 6.45) is 3.06. The molecule has 3 rings (SSSR count). The summed E-state index contributed by atoms with van der Waals surface area (Å²) in [4.78, 5) is 16.5. The Morgan fingerprint density at radius 2 is 1.96 bits per heavy atom. The summed E-state index contributed by atoms with van der Waals surface area (Å²) in [6, 6.07) is 12.1. The fourth-order valence-corrected chi connectivity index (χ4v) is 2.46. The Hall–Kier alpha value is -2.86. The minimum absolute atomic E-state index is 0.0800. The lowest BCUT2D eigenvalue weighted by molar-refractivity contribution is 0.102. The van der Waals surface area contributed by atoms with Gasteiger partial charge in [0.2, 0.25) is 0 Å². The first-order valence-corrected chi connectivity index (χ1v) is 8.13. The zero-order valence-electron chi connectivity index (χ0n) is 13.8. The molecule has 0 aliphatic heterocycles. The Kier molecular flexibility index (Phi) is 5.00. The molecule has 1 aromatic heterocycles. The molecule has 7 heteroatoms. The van der Waals surface area contributed by atoms with Crippen molar-refractivity contribution in [2.24, 2.45) is 0 Å². The molecule has 6 nitrogen and oxygen atoms in total. The summed E-state index contributed by atoms with van der Waals surface area (Å²) in [6.45, 7) is 3.90. The van der Waals surface area contributed by atoms with E-state index in [0.29, 0.717) is 22.0 Å². The van der Waals surface area contributed by atoms with Crippen LogP contribution >= 0.6 is 11.6 Å². The first kappa shape index (κ1) is 17.0. The second-order valence-electron chi connectivity index (χ2n) is 5.65. The number of hydrogen-bond donors (Lipinski definition) is 1. The van der Waals surface area contributed by atoms with E-state index in [-0.39, 0.29) is 12.0 Å². The average Bonchev–Trinajstić information content (AvgIpc) is 3.09. The molecular weight excluding hydrogens is 340 g/mol. The molecule has 25 heavy (non-hydrogen) atoms. The molecule has 0 unspecified atom stereocenters. The van der Waals surface area contributed by atoms with Gasteiger partial charge in [-0.1, -0.05) is 11.6 Å². The van der Waals surface area contributed by atoms with E-state index in [9.17, 15) is 4.79 Å². The van der Waals surface area contributed by atoms with Crippen molar-refractivity contribution in [3.63, 3.8) is 0 Å². The van der Waals surface area contributed by atoms with Crippen LogP contribution in [0.1, 0.15) is 24.2 Å². The maximum atomic E-state index is 12.5. The summed E-state index contributed by atoms with van der Waals surface area (Å²) >= 11 is 6.06. The van der Waals surface area contributed by atoms with E-state index in [4.69, 9.17) is 16.3 Å². The van der Waals surface area contributed by atoms with Crippen molar-refractivity contribution >= 4 is 23.2 Å². The number of anilines is 1. The van der Waals surface area contributed by atoms with Gasteiger partial charge >= 0.3 is 0 Å². The van der Waals surface area contributed by atoms with Gasteiger partial charge in [0.05, 0.1) is 17.5 Å². The van der Waals surface area contributed by atoms with Gasteiger partial charge in [0.15, 0.2) is 0 Å². The van der Waals surface area contributed by atoms with Crippen LogP contribution in [0.5, 0.6) is 5.75 Å². The maximum Gasteiger partial charge on any atom is 0.255 e. The predicted molar refractivity (Wildman–Crippen MR) is 96.5 cm³/mol. The summed E-state index contributed by atoms with van der Waals surface area (Å²) in [7, 11) is 0. The molecule has 0 spiro atoms. The molecule has 0 saturated heterocycles. The van der Waals surface area contributed by atoms with Crippen LogP contribution in [0.3, 0.4) is 0 Å². The number of carbonyl (C=O) groups excluding carboxylic acids is 1. The van der Waals surface area contributed by atoms with Crippen molar-refractivity contribution in [1.82, 2.24) is 14.8 Å². The Morgan fingerprint density at radius 1 is 1.20 bits per heavy atom. The van der Waals surface area contributed by atoms with Crippen LogP contribution in [0.15, 0.2) is 55.1 Å². The van der Waals surface area contributed by atoms with Gasteiger partial charge in [0, 0.05) is 10.6 Å². The van der Waals surface area contributed by atoms with Gasteiger partial charge in [-0.3, -0.25) is 4.79 Å². The van der Waals surface area contributed by atoms with Crippen LogP contribution in [-0.4, -0.2) is 26.8 Å². The molecule has 3 aromatic rings. The van der Waals surface area contributed by atoms with E-state index in [1.54, 1.807) is 53.5 Å².